The molecule has 3 aliphatic rings. The van der Waals surface area contributed by atoms with Gasteiger partial charge in [0.25, 0.3) is 0 Å². The van der Waals surface area contributed by atoms with E-state index < -0.39 is 135 Å². The van der Waals surface area contributed by atoms with Crippen molar-refractivity contribution in [3.05, 3.63) is 53.6 Å². The lowest BCUT2D eigenvalue weighted by Gasteiger charge is -2.48. The molecular weight excluding hydrogens is 768 g/mol. The fourth-order valence-electron chi connectivity index (χ4n) is 6.32. The number of rotatable bonds is 13. The molecule has 3 heterocycles. The number of aryl methyl sites for hydroxylation is 1. The van der Waals surface area contributed by atoms with Crippen LogP contribution >= 0.6 is 0 Å². The van der Waals surface area contributed by atoms with Gasteiger partial charge in [0.2, 0.25) is 6.29 Å². The minimum absolute atomic E-state index is 0.00475. The molecule has 2 aromatic rings. The lowest BCUT2D eigenvalue weighted by molar-refractivity contribution is -0.385. The molecule has 5 rings (SSSR count). The maximum atomic E-state index is 13.1. The molecular formula is C36H46O21. The van der Waals surface area contributed by atoms with E-state index >= 15 is 0 Å². The molecule has 0 spiro atoms. The van der Waals surface area contributed by atoms with E-state index in [4.69, 9.17) is 33.2 Å². The van der Waals surface area contributed by atoms with Gasteiger partial charge in [0.1, 0.15) is 61.0 Å². The van der Waals surface area contributed by atoms with Crippen molar-refractivity contribution >= 4 is 18.0 Å². The van der Waals surface area contributed by atoms with E-state index in [1.54, 1.807) is 0 Å². The molecule has 15 unspecified atom stereocenters. The van der Waals surface area contributed by atoms with Crippen molar-refractivity contribution in [3.63, 3.8) is 0 Å². The molecule has 0 aromatic heterocycles. The van der Waals surface area contributed by atoms with E-state index in [1.165, 1.54) is 37.3 Å². The maximum absolute atomic E-state index is 13.1. The van der Waals surface area contributed by atoms with Crippen LogP contribution in [0.1, 0.15) is 24.5 Å². The normalized spacial score (nSPS) is 35.8. The van der Waals surface area contributed by atoms with Gasteiger partial charge in [-0.15, -0.1) is 0 Å². The van der Waals surface area contributed by atoms with Crippen LogP contribution in [-0.4, -0.2) is 179 Å². The van der Waals surface area contributed by atoms with Gasteiger partial charge in [-0.2, -0.15) is 0 Å². The summed E-state index contributed by atoms with van der Waals surface area (Å²) < 4.78 is 39.5. The van der Waals surface area contributed by atoms with E-state index in [-0.39, 0.29) is 24.2 Å². The Kier molecular flexibility index (Phi) is 14.7. The molecule has 12 N–H and O–H groups in total. The number of ether oxygens (including phenoxy) is 7. The number of aliphatic hydroxyl groups excluding tert-OH is 8. The molecule has 3 aliphatic heterocycles. The molecule has 0 aliphatic carbocycles. The van der Waals surface area contributed by atoms with Crippen LogP contribution in [0.2, 0.25) is 0 Å². The summed E-state index contributed by atoms with van der Waals surface area (Å²) in [6, 6.07) is 7.52. The minimum Gasteiger partial charge on any atom is -0.504 e. The van der Waals surface area contributed by atoms with E-state index in [1.807, 2.05) is 0 Å². The van der Waals surface area contributed by atoms with E-state index in [0.29, 0.717) is 5.56 Å². The number of phenolic OH excluding ortho intramolecular Hbond substituents is 4. The van der Waals surface area contributed by atoms with Crippen molar-refractivity contribution in [3.8, 4) is 23.0 Å². The number of esters is 2. The van der Waals surface area contributed by atoms with Crippen LogP contribution in [-0.2, 0) is 49.2 Å². The number of carbonyl (C=O) groups excluding carboxylic acids is 2. The van der Waals surface area contributed by atoms with Crippen molar-refractivity contribution < 1.29 is 104 Å². The number of aromatic hydroxyl groups is 4. The molecule has 57 heavy (non-hydrogen) atoms. The molecule has 3 fully saturated rings. The van der Waals surface area contributed by atoms with Crippen molar-refractivity contribution in [2.24, 2.45) is 0 Å². The van der Waals surface area contributed by atoms with Gasteiger partial charge in [-0.3, -0.25) is 4.79 Å². The Morgan fingerprint density at radius 1 is 0.632 bits per heavy atom. The predicted molar refractivity (Wildman–Crippen MR) is 184 cm³/mol. The molecule has 316 valence electrons. The quantitative estimate of drug-likeness (QED) is 0.0536. The van der Waals surface area contributed by atoms with Gasteiger partial charge < -0.3 is 94.4 Å². The van der Waals surface area contributed by atoms with Crippen LogP contribution in [0.25, 0.3) is 6.08 Å². The van der Waals surface area contributed by atoms with Crippen molar-refractivity contribution in [2.75, 3.05) is 13.2 Å². The zero-order valence-corrected chi connectivity index (χ0v) is 30.1. The molecule has 21 heteroatoms. The molecule has 0 radical (unpaired) electrons. The lowest BCUT2D eigenvalue weighted by atomic mass is 9.96. The second-order valence-corrected chi connectivity index (χ2v) is 13.6. The summed E-state index contributed by atoms with van der Waals surface area (Å²) >= 11 is 0. The first-order chi connectivity index (χ1) is 27.0. The second kappa shape index (κ2) is 19.0. The number of carbonyl (C=O) groups is 2. The fourth-order valence-corrected chi connectivity index (χ4v) is 6.32. The monoisotopic (exact) mass is 814 g/mol. The molecule has 21 nitrogen and oxygen atoms in total. The molecule has 0 amide bonds. The van der Waals surface area contributed by atoms with Gasteiger partial charge in [-0.25, -0.2) is 4.79 Å². The highest BCUT2D eigenvalue weighted by atomic mass is 16.8. The average Bonchev–Trinajstić information content (AvgIpc) is 3.18. The van der Waals surface area contributed by atoms with Gasteiger partial charge >= 0.3 is 11.9 Å². The summed E-state index contributed by atoms with van der Waals surface area (Å²) in [4.78, 5) is 26.1. The first kappa shape index (κ1) is 43.9. The molecule has 0 bridgehead atoms. The van der Waals surface area contributed by atoms with Gasteiger partial charge in [0.15, 0.2) is 41.7 Å². The van der Waals surface area contributed by atoms with E-state index in [0.717, 1.165) is 18.2 Å². The van der Waals surface area contributed by atoms with Crippen molar-refractivity contribution in [1.82, 2.24) is 0 Å². The van der Waals surface area contributed by atoms with Gasteiger partial charge in [-0.05, 0) is 54.8 Å². The summed E-state index contributed by atoms with van der Waals surface area (Å²) in [6.07, 6.45) is -25.0. The number of benzene rings is 2. The van der Waals surface area contributed by atoms with E-state index in [9.17, 15) is 70.9 Å². The second-order valence-electron chi connectivity index (χ2n) is 13.6. The average molecular weight is 815 g/mol. The molecule has 2 aromatic carbocycles. The smallest absolute Gasteiger partial charge is 0.331 e. The largest absolute Gasteiger partial charge is 0.504 e. The van der Waals surface area contributed by atoms with Gasteiger partial charge in [0.05, 0.1) is 19.3 Å². The van der Waals surface area contributed by atoms with Crippen LogP contribution in [0.4, 0.5) is 0 Å². The van der Waals surface area contributed by atoms with Gasteiger partial charge in [0, 0.05) is 12.5 Å². The zero-order chi connectivity index (χ0) is 41.7. The highest BCUT2D eigenvalue weighted by Gasteiger charge is 2.55. The summed E-state index contributed by atoms with van der Waals surface area (Å²) in [5.74, 6) is -3.80. The van der Waals surface area contributed by atoms with Gasteiger partial charge in [-0.1, -0.05) is 12.1 Å². The Hall–Kier alpha value is -4.20. The predicted octanol–water partition coefficient (Wildman–Crippen LogP) is -3.27. The highest BCUT2D eigenvalue weighted by Crippen LogP contribution is 2.35. The third-order valence-electron chi connectivity index (χ3n) is 9.58. The number of hydrogen-bond acceptors (Lipinski definition) is 21. The van der Waals surface area contributed by atoms with Crippen molar-refractivity contribution in [1.29, 1.82) is 0 Å². The lowest BCUT2D eigenvalue weighted by Crippen LogP contribution is -2.67. The number of phenols is 4. The van der Waals surface area contributed by atoms with E-state index in [2.05, 4.69) is 0 Å². The number of aliphatic hydroxyl groups is 8. The summed E-state index contributed by atoms with van der Waals surface area (Å²) in [7, 11) is 0. The van der Waals surface area contributed by atoms with Crippen molar-refractivity contribution in [2.45, 2.75) is 112 Å². The SMILES string of the molecule is CC1OC(OC2C(O)C(OC(=O)CCc3ccc(O)c(O)c3)OC(CO)C2OC(=O)C=Cc2ccc(O)c(O)c2)C(OC2OC(CO)C(O)C(O)C2O)C(O)C1O. The topological polar surface area (TPSA) is 342 Å². The molecule has 15 atom stereocenters. The Labute approximate surface area is 323 Å². The summed E-state index contributed by atoms with van der Waals surface area (Å²) in [6.45, 7) is -0.445. The first-order valence-corrected chi connectivity index (χ1v) is 17.7. The third-order valence-corrected chi connectivity index (χ3v) is 9.58. The molecule has 3 saturated heterocycles. The zero-order valence-electron chi connectivity index (χ0n) is 30.1. The summed E-state index contributed by atoms with van der Waals surface area (Å²) in [5, 5.41) is 123. The highest BCUT2D eigenvalue weighted by molar-refractivity contribution is 5.87. The Morgan fingerprint density at radius 2 is 1.26 bits per heavy atom. The first-order valence-electron chi connectivity index (χ1n) is 17.7. The fraction of sp³-hybridized carbons (Fsp3) is 0.556. The minimum atomic E-state index is -2.07. The Morgan fingerprint density at radius 3 is 1.91 bits per heavy atom. The van der Waals surface area contributed by atoms with Crippen LogP contribution in [0.5, 0.6) is 23.0 Å². The summed E-state index contributed by atoms with van der Waals surface area (Å²) in [5.41, 5.74) is 0.674. The Balaban J connectivity index is 1.41. The van der Waals surface area contributed by atoms with Crippen LogP contribution in [0, 0.1) is 0 Å². The van der Waals surface area contributed by atoms with Crippen LogP contribution < -0.4 is 0 Å². The Bertz CT molecular complexity index is 1700. The van der Waals surface area contributed by atoms with Crippen LogP contribution in [0.15, 0.2) is 42.5 Å². The maximum Gasteiger partial charge on any atom is 0.331 e. The standard InChI is InChI=1S/C36H46O21/c1-14-25(45)28(48)33(57-34-29(49)27(47)26(46)21(12-37)52-34)36(51-14)56-32-30(50)35(55-24(44)9-5-16-3-7-18(40)20(42)11-16)53-22(13-38)31(32)54-23(43)8-4-15-2-6-17(39)19(41)10-15/h2-4,6-8,10-11,14,21-22,25-42,45-50H,5,9,12-13H2,1H3. The molecule has 0 saturated carbocycles. The third kappa shape index (κ3) is 10.3. The van der Waals surface area contributed by atoms with Crippen LogP contribution in [0.3, 0.4) is 0 Å². The number of hydrogen-bond donors (Lipinski definition) is 12.